The molecule has 1 unspecified atom stereocenters. The monoisotopic (exact) mass is 721 g/mol. The van der Waals surface area contributed by atoms with Crippen LogP contribution in [0.3, 0.4) is 0 Å². The Hall–Kier alpha value is -5.27. The molecule has 0 spiro atoms. The highest BCUT2D eigenvalue weighted by Gasteiger charge is 2.52. The predicted octanol–water partition coefficient (Wildman–Crippen LogP) is 6.04. The van der Waals surface area contributed by atoms with Gasteiger partial charge in [-0.15, -0.1) is 10.2 Å². The molecule has 0 aliphatic heterocycles. The molecule has 3 aromatic heterocycles. The highest BCUT2D eigenvalue weighted by Crippen LogP contribution is 2.38. The summed E-state index contributed by atoms with van der Waals surface area (Å²) in [5.74, 6) is -1.28. The molecule has 0 saturated heterocycles. The molecule has 1 aliphatic carbocycles. The Labute approximate surface area is 301 Å². The third-order valence-corrected chi connectivity index (χ3v) is 14.6. The molecule has 1 fully saturated rings. The number of ether oxygens (including phenoxy) is 1. The Balaban J connectivity index is 1.25. The van der Waals surface area contributed by atoms with E-state index in [-0.39, 0.29) is 41.3 Å². The van der Waals surface area contributed by atoms with Crippen molar-refractivity contribution in [2.24, 2.45) is 0 Å². The molecule has 1 N–H and O–H groups in total. The van der Waals surface area contributed by atoms with Crippen molar-refractivity contribution in [3.05, 3.63) is 132 Å². The Morgan fingerprint density at radius 2 is 1.54 bits per heavy atom. The number of aryl methyl sites for hydroxylation is 1. The maximum Gasteiger partial charge on any atom is 0.271 e. The summed E-state index contributed by atoms with van der Waals surface area (Å²) in [6.07, 6.45) is 3.62. The van der Waals surface area contributed by atoms with Crippen LogP contribution in [0.15, 0.2) is 97.2 Å². The lowest BCUT2D eigenvalue weighted by molar-refractivity contribution is 0.0842. The van der Waals surface area contributed by atoms with E-state index >= 15 is 0 Å². The van der Waals surface area contributed by atoms with Crippen LogP contribution in [0.5, 0.6) is 5.75 Å². The summed E-state index contributed by atoms with van der Waals surface area (Å²) in [4.78, 5) is 20.7. The molecule has 268 valence electrons. The lowest BCUT2D eigenvalue weighted by Crippen LogP contribution is -2.68. The molecule has 1 atom stereocenters. The van der Waals surface area contributed by atoms with Crippen molar-refractivity contribution in [2.45, 2.75) is 70.7 Å². The predicted molar refractivity (Wildman–Crippen MR) is 195 cm³/mol. The molecule has 10 nitrogen and oxygen atoms in total. The second-order valence-corrected chi connectivity index (χ2v) is 18.8. The van der Waals surface area contributed by atoms with Crippen LogP contribution >= 0.6 is 0 Å². The highest BCUT2D eigenvalue weighted by atomic mass is 28.4. The number of nitrogens with one attached hydrogen (secondary N) is 1. The summed E-state index contributed by atoms with van der Waals surface area (Å²) in [6.45, 7) is 9.84. The number of carbonyl (C=O) groups excluding carboxylic acids is 1. The molecular weight excluding hydrogens is 681 g/mol. The number of pyridine rings is 1. The Bertz CT molecular complexity index is 2160. The largest absolute Gasteiger partial charge is 0.485 e. The number of fused-ring (bicyclic) bond motifs is 1. The number of hydrogen-bond acceptors (Lipinski definition) is 7. The Kier molecular flexibility index (Phi) is 9.26. The molecular formula is C39H41F2N7O3Si. The van der Waals surface area contributed by atoms with Crippen molar-refractivity contribution in [3.63, 3.8) is 0 Å². The van der Waals surface area contributed by atoms with E-state index in [0.717, 1.165) is 23.2 Å². The molecule has 6 aromatic rings. The van der Waals surface area contributed by atoms with Crippen molar-refractivity contribution in [2.75, 3.05) is 6.61 Å². The maximum atomic E-state index is 14.5. The number of nitrogens with zero attached hydrogens (tertiary/aromatic N) is 6. The van der Waals surface area contributed by atoms with Gasteiger partial charge in [0.25, 0.3) is 14.2 Å². The van der Waals surface area contributed by atoms with Gasteiger partial charge in [-0.25, -0.2) is 13.8 Å². The first-order valence-corrected chi connectivity index (χ1v) is 19.2. The molecule has 0 radical (unpaired) electrons. The third kappa shape index (κ3) is 6.50. The van der Waals surface area contributed by atoms with E-state index in [4.69, 9.17) is 14.3 Å². The fourth-order valence-corrected chi connectivity index (χ4v) is 11.4. The van der Waals surface area contributed by atoms with Crippen LogP contribution < -0.4 is 20.4 Å². The number of benzene rings is 3. The minimum Gasteiger partial charge on any atom is -0.485 e. The molecule has 3 heterocycles. The topological polar surface area (TPSA) is 108 Å². The first-order valence-electron chi connectivity index (χ1n) is 17.3. The van der Waals surface area contributed by atoms with E-state index in [2.05, 4.69) is 65.6 Å². The fourth-order valence-electron chi connectivity index (χ4n) is 6.75. The quantitative estimate of drug-likeness (QED) is 0.154. The van der Waals surface area contributed by atoms with Crippen molar-refractivity contribution >= 4 is 30.2 Å². The number of aromatic nitrogens is 6. The lowest BCUT2D eigenvalue weighted by atomic mass is 10.0. The van der Waals surface area contributed by atoms with Crippen LogP contribution in [-0.4, -0.2) is 50.4 Å². The molecule has 13 heteroatoms. The normalized spacial score (nSPS) is 14.7. The van der Waals surface area contributed by atoms with Crippen molar-refractivity contribution < 1.29 is 22.7 Å². The van der Waals surface area contributed by atoms with Gasteiger partial charge in [-0.1, -0.05) is 87.5 Å². The van der Waals surface area contributed by atoms with E-state index < -0.39 is 31.4 Å². The van der Waals surface area contributed by atoms with E-state index in [9.17, 15) is 13.6 Å². The van der Waals surface area contributed by atoms with E-state index in [0.29, 0.717) is 17.2 Å². The first kappa shape index (κ1) is 35.1. The van der Waals surface area contributed by atoms with Gasteiger partial charge in [0.1, 0.15) is 29.5 Å². The van der Waals surface area contributed by atoms with Crippen LogP contribution in [-0.2, 0) is 16.6 Å². The van der Waals surface area contributed by atoms with Gasteiger partial charge in [0.15, 0.2) is 11.4 Å². The minimum absolute atomic E-state index is 0.0424. The minimum atomic E-state index is -3.04. The van der Waals surface area contributed by atoms with Crippen LogP contribution in [0.25, 0.3) is 5.65 Å². The molecule has 1 aliphatic rings. The van der Waals surface area contributed by atoms with Gasteiger partial charge >= 0.3 is 0 Å². The van der Waals surface area contributed by atoms with Crippen molar-refractivity contribution in [1.29, 1.82) is 0 Å². The summed E-state index contributed by atoms with van der Waals surface area (Å²) < 4.78 is 43.5. The second kappa shape index (κ2) is 13.7. The standard InChI is InChI=1S/C39H41F2N7O3Si/c1-26-34(47-23-13-20-33(35(47)42-26)50-24-30-31(40)18-12-19-32(30)41)36(49)43-39(5,37-44-46-48(45-37)27-21-22-27)25-51-52(38(2,3)4,28-14-8-6-9-15-28)29-16-10-7-11-17-29/h6-20,23,27H,21-22,24-25H2,1-5H3,(H,43,49). The Morgan fingerprint density at radius 3 is 2.13 bits per heavy atom. The second-order valence-electron chi connectivity index (χ2n) is 14.5. The molecule has 1 saturated carbocycles. The fraction of sp³-hybridized carbons (Fsp3) is 0.308. The molecule has 7 rings (SSSR count). The van der Waals surface area contributed by atoms with Gasteiger partial charge in [-0.2, -0.15) is 4.80 Å². The van der Waals surface area contributed by atoms with E-state index in [1.807, 2.05) is 43.3 Å². The summed E-state index contributed by atoms with van der Waals surface area (Å²) in [5.41, 5.74) is -0.428. The zero-order valence-electron chi connectivity index (χ0n) is 29.8. The number of halogens is 2. The number of tetrazole rings is 1. The van der Waals surface area contributed by atoms with Crippen LogP contribution in [0, 0.1) is 18.6 Å². The van der Waals surface area contributed by atoms with Gasteiger partial charge in [-0.05, 0) is 71.6 Å². The molecule has 3 aromatic carbocycles. The molecule has 52 heavy (non-hydrogen) atoms. The SMILES string of the molecule is Cc1nc2c(OCc3c(F)cccc3F)cccn2c1C(=O)NC(C)(CO[Si](c1ccccc1)(c1ccccc1)C(C)(C)C)c1nnn(C2CC2)n1. The summed E-state index contributed by atoms with van der Waals surface area (Å²) in [6, 6.07) is 27.7. The lowest BCUT2D eigenvalue weighted by Gasteiger charge is -2.44. The summed E-state index contributed by atoms with van der Waals surface area (Å²) in [5, 5.41) is 18.7. The highest BCUT2D eigenvalue weighted by molar-refractivity contribution is 6.99. The first-order chi connectivity index (χ1) is 24.9. The summed E-state index contributed by atoms with van der Waals surface area (Å²) in [7, 11) is -3.04. The number of amides is 1. The number of hydrogen-bond donors (Lipinski definition) is 1. The zero-order valence-corrected chi connectivity index (χ0v) is 30.8. The molecule has 1 amide bonds. The third-order valence-electron chi connectivity index (χ3n) is 9.62. The van der Waals surface area contributed by atoms with Gasteiger partial charge in [0, 0.05) is 6.20 Å². The van der Waals surface area contributed by atoms with Crippen LogP contribution in [0.1, 0.15) is 74.1 Å². The van der Waals surface area contributed by atoms with Crippen molar-refractivity contribution in [3.8, 4) is 5.75 Å². The van der Waals surface area contributed by atoms with Gasteiger partial charge < -0.3 is 14.5 Å². The molecule has 0 bridgehead atoms. The van der Waals surface area contributed by atoms with E-state index in [1.54, 1.807) is 34.5 Å². The van der Waals surface area contributed by atoms with Crippen LogP contribution in [0.4, 0.5) is 8.78 Å². The number of carbonyl (C=O) groups is 1. The number of rotatable bonds is 12. The average Bonchev–Trinajstić information content (AvgIpc) is 3.73. The van der Waals surface area contributed by atoms with Crippen LogP contribution in [0.2, 0.25) is 5.04 Å². The Morgan fingerprint density at radius 1 is 0.904 bits per heavy atom. The van der Waals surface area contributed by atoms with Crippen molar-refractivity contribution in [1.82, 2.24) is 34.9 Å². The smallest absolute Gasteiger partial charge is 0.271 e. The van der Waals surface area contributed by atoms with Gasteiger partial charge in [-0.3, -0.25) is 9.20 Å². The van der Waals surface area contributed by atoms with Gasteiger partial charge in [0.2, 0.25) is 5.82 Å². The van der Waals surface area contributed by atoms with Gasteiger partial charge in [0.05, 0.1) is 23.9 Å². The maximum absolute atomic E-state index is 14.5. The number of imidazole rings is 1. The summed E-state index contributed by atoms with van der Waals surface area (Å²) >= 11 is 0. The zero-order chi connectivity index (χ0) is 36.7. The average molecular weight is 722 g/mol. The van der Waals surface area contributed by atoms with E-state index in [1.165, 1.54) is 18.2 Å².